The summed E-state index contributed by atoms with van der Waals surface area (Å²) in [5, 5.41) is 0. The molecule has 16 heavy (non-hydrogen) atoms. The van der Waals surface area contributed by atoms with Gasteiger partial charge in [-0.05, 0) is 24.5 Å². The fourth-order valence-electron chi connectivity index (χ4n) is 1.64. The number of nitrogens with one attached hydrogen (secondary N) is 2. The maximum Gasteiger partial charge on any atom is 0.241 e. The Bertz CT molecular complexity index is 332. The number of amides is 1. The molecule has 1 unspecified atom stereocenters. The third-order valence-electron chi connectivity index (χ3n) is 2.66. The molecule has 0 bridgehead atoms. The number of carbonyl (C=O) groups is 1. The fourth-order valence-corrected chi connectivity index (χ4v) is 1.64. The smallest absolute Gasteiger partial charge is 0.241 e. The van der Waals surface area contributed by atoms with Crippen LogP contribution in [0.3, 0.4) is 0 Å². The highest BCUT2D eigenvalue weighted by molar-refractivity contribution is 5.82. The van der Waals surface area contributed by atoms with E-state index >= 15 is 0 Å². The molecular formula is C13H20N2O. The van der Waals surface area contributed by atoms with Crippen LogP contribution in [0.25, 0.3) is 0 Å². The van der Waals surface area contributed by atoms with Crippen molar-refractivity contribution in [1.82, 2.24) is 10.9 Å². The first-order chi connectivity index (χ1) is 7.69. The molecule has 0 aliphatic heterocycles. The lowest BCUT2D eigenvalue weighted by molar-refractivity contribution is -0.123. The van der Waals surface area contributed by atoms with Crippen molar-refractivity contribution in [3.63, 3.8) is 0 Å². The average Bonchev–Trinajstić information content (AvgIpc) is 2.30. The molecule has 1 atom stereocenters. The van der Waals surface area contributed by atoms with Gasteiger partial charge in [-0.25, -0.2) is 5.43 Å². The number of hydrogen-bond donors (Lipinski definition) is 2. The van der Waals surface area contributed by atoms with Gasteiger partial charge in [-0.3, -0.25) is 10.2 Å². The van der Waals surface area contributed by atoms with Crippen LogP contribution >= 0.6 is 0 Å². The molecule has 0 heterocycles. The standard InChI is InChI=1S/C13H20N2O/c1-4-5-11-6-8-12(9-7-11)10(2)13(16)15-14-3/h6-10,14H,4-5H2,1-3H3,(H,15,16). The van der Waals surface area contributed by atoms with E-state index in [0.717, 1.165) is 18.4 Å². The van der Waals surface area contributed by atoms with Gasteiger partial charge in [0, 0.05) is 7.05 Å². The van der Waals surface area contributed by atoms with Gasteiger partial charge in [0.2, 0.25) is 5.91 Å². The Morgan fingerprint density at radius 3 is 2.44 bits per heavy atom. The van der Waals surface area contributed by atoms with Crippen LogP contribution in [-0.2, 0) is 11.2 Å². The molecule has 0 aliphatic carbocycles. The second-order valence-electron chi connectivity index (χ2n) is 3.95. The summed E-state index contributed by atoms with van der Waals surface area (Å²) in [6.07, 6.45) is 2.24. The second kappa shape index (κ2) is 6.28. The molecule has 1 aromatic carbocycles. The van der Waals surface area contributed by atoms with E-state index in [1.807, 2.05) is 19.1 Å². The van der Waals surface area contributed by atoms with Gasteiger partial charge in [0.15, 0.2) is 0 Å². The lowest BCUT2D eigenvalue weighted by atomic mass is 9.98. The number of carbonyl (C=O) groups excluding carboxylic acids is 1. The molecule has 1 rings (SSSR count). The molecule has 0 saturated heterocycles. The van der Waals surface area contributed by atoms with Crippen LogP contribution in [-0.4, -0.2) is 13.0 Å². The van der Waals surface area contributed by atoms with Crippen molar-refractivity contribution < 1.29 is 4.79 Å². The summed E-state index contributed by atoms with van der Waals surface area (Å²) in [6, 6.07) is 8.26. The summed E-state index contributed by atoms with van der Waals surface area (Å²) in [4.78, 5) is 11.6. The molecule has 3 nitrogen and oxygen atoms in total. The van der Waals surface area contributed by atoms with Gasteiger partial charge in [-0.2, -0.15) is 0 Å². The van der Waals surface area contributed by atoms with E-state index in [9.17, 15) is 4.79 Å². The Labute approximate surface area is 97.2 Å². The quantitative estimate of drug-likeness (QED) is 0.745. The molecule has 88 valence electrons. The monoisotopic (exact) mass is 220 g/mol. The number of benzene rings is 1. The van der Waals surface area contributed by atoms with E-state index in [1.54, 1.807) is 7.05 Å². The topological polar surface area (TPSA) is 41.1 Å². The molecule has 0 fully saturated rings. The number of hydrazine groups is 1. The van der Waals surface area contributed by atoms with Crippen LogP contribution in [0, 0.1) is 0 Å². The number of aryl methyl sites for hydroxylation is 1. The van der Waals surface area contributed by atoms with E-state index < -0.39 is 0 Å². The van der Waals surface area contributed by atoms with Crippen molar-refractivity contribution in [2.45, 2.75) is 32.6 Å². The van der Waals surface area contributed by atoms with E-state index in [2.05, 4.69) is 29.9 Å². The zero-order valence-corrected chi connectivity index (χ0v) is 10.2. The Balaban J connectivity index is 2.69. The SMILES string of the molecule is CCCc1ccc(C(C)C(=O)NNC)cc1. The summed E-state index contributed by atoms with van der Waals surface area (Å²) >= 11 is 0. The largest absolute Gasteiger partial charge is 0.291 e. The van der Waals surface area contributed by atoms with E-state index in [1.165, 1.54) is 5.56 Å². The van der Waals surface area contributed by atoms with Crippen molar-refractivity contribution in [2.24, 2.45) is 0 Å². The van der Waals surface area contributed by atoms with Gasteiger partial charge >= 0.3 is 0 Å². The van der Waals surface area contributed by atoms with Crippen LogP contribution in [0.4, 0.5) is 0 Å². The van der Waals surface area contributed by atoms with Crippen LogP contribution in [0.15, 0.2) is 24.3 Å². The average molecular weight is 220 g/mol. The molecule has 3 heteroatoms. The van der Waals surface area contributed by atoms with Crippen LogP contribution in [0.1, 0.15) is 37.3 Å². The minimum atomic E-state index is -0.122. The van der Waals surface area contributed by atoms with Gasteiger partial charge < -0.3 is 0 Å². The third kappa shape index (κ3) is 3.35. The minimum absolute atomic E-state index is 0.00857. The Morgan fingerprint density at radius 1 is 1.31 bits per heavy atom. The van der Waals surface area contributed by atoms with E-state index in [4.69, 9.17) is 0 Å². The van der Waals surface area contributed by atoms with Crippen molar-refractivity contribution >= 4 is 5.91 Å². The molecule has 0 spiro atoms. The lowest BCUT2D eigenvalue weighted by Crippen LogP contribution is -2.37. The molecule has 0 radical (unpaired) electrons. The Hall–Kier alpha value is -1.35. The van der Waals surface area contributed by atoms with Crippen molar-refractivity contribution in [1.29, 1.82) is 0 Å². The Kier molecular flexibility index (Phi) is 4.99. The number of rotatable bonds is 5. The van der Waals surface area contributed by atoms with Crippen LogP contribution < -0.4 is 10.9 Å². The van der Waals surface area contributed by atoms with Gasteiger partial charge in [-0.15, -0.1) is 0 Å². The summed E-state index contributed by atoms with van der Waals surface area (Å²) in [5.41, 5.74) is 7.62. The molecule has 1 aromatic rings. The summed E-state index contributed by atoms with van der Waals surface area (Å²) in [7, 11) is 1.69. The van der Waals surface area contributed by atoms with Crippen molar-refractivity contribution in [2.75, 3.05) is 7.05 Å². The highest BCUT2D eigenvalue weighted by Crippen LogP contribution is 2.16. The highest BCUT2D eigenvalue weighted by Gasteiger charge is 2.13. The summed E-state index contributed by atoms with van der Waals surface area (Å²) < 4.78 is 0. The third-order valence-corrected chi connectivity index (χ3v) is 2.66. The second-order valence-corrected chi connectivity index (χ2v) is 3.95. The predicted octanol–water partition coefficient (Wildman–Crippen LogP) is 1.99. The first-order valence-electron chi connectivity index (χ1n) is 5.74. The predicted molar refractivity (Wildman–Crippen MR) is 66.1 cm³/mol. The first kappa shape index (κ1) is 12.7. The minimum Gasteiger partial charge on any atom is -0.291 e. The normalized spacial score (nSPS) is 12.2. The van der Waals surface area contributed by atoms with Gasteiger partial charge in [0.25, 0.3) is 0 Å². The van der Waals surface area contributed by atoms with Gasteiger partial charge in [0.05, 0.1) is 5.92 Å². The summed E-state index contributed by atoms with van der Waals surface area (Å²) in [6.45, 7) is 4.07. The van der Waals surface area contributed by atoms with Gasteiger partial charge in [0.1, 0.15) is 0 Å². The van der Waals surface area contributed by atoms with E-state index in [0.29, 0.717) is 0 Å². The van der Waals surface area contributed by atoms with Crippen molar-refractivity contribution in [3.8, 4) is 0 Å². The van der Waals surface area contributed by atoms with E-state index in [-0.39, 0.29) is 11.8 Å². The first-order valence-corrected chi connectivity index (χ1v) is 5.74. The van der Waals surface area contributed by atoms with Crippen LogP contribution in [0.5, 0.6) is 0 Å². The maximum absolute atomic E-state index is 11.6. The molecule has 0 aromatic heterocycles. The van der Waals surface area contributed by atoms with Crippen LogP contribution in [0.2, 0.25) is 0 Å². The molecular weight excluding hydrogens is 200 g/mol. The van der Waals surface area contributed by atoms with Crippen molar-refractivity contribution in [3.05, 3.63) is 35.4 Å². The lowest BCUT2D eigenvalue weighted by Gasteiger charge is -2.12. The highest BCUT2D eigenvalue weighted by atomic mass is 16.2. The zero-order chi connectivity index (χ0) is 12.0. The molecule has 1 amide bonds. The molecule has 0 aliphatic rings. The number of hydrogen-bond acceptors (Lipinski definition) is 2. The molecule has 2 N–H and O–H groups in total. The molecule has 0 saturated carbocycles. The maximum atomic E-state index is 11.6. The van der Waals surface area contributed by atoms with Gasteiger partial charge in [-0.1, -0.05) is 37.6 Å². The Morgan fingerprint density at radius 2 is 1.94 bits per heavy atom. The zero-order valence-electron chi connectivity index (χ0n) is 10.2. The summed E-state index contributed by atoms with van der Waals surface area (Å²) in [5.74, 6) is -0.131. The fraction of sp³-hybridized carbons (Fsp3) is 0.462.